The zero-order chi connectivity index (χ0) is 11.4. The number of hydrogen-bond donors (Lipinski definition) is 1. The lowest BCUT2D eigenvalue weighted by Crippen LogP contribution is -2.43. The number of ether oxygens (including phenoxy) is 1. The maximum Gasteiger partial charge on any atom is 0.0880 e. The lowest BCUT2D eigenvalue weighted by atomic mass is 9.80. The van der Waals surface area contributed by atoms with Crippen LogP contribution >= 0.6 is 0 Å². The smallest absolute Gasteiger partial charge is 0.0880 e. The molecule has 2 unspecified atom stereocenters. The standard InChI is InChI=1S/C12H26O2/c1-7-9(8-2)10(13)11(14-6)12(3,4)5/h9-11,13H,7-8H2,1-6H3. The number of methoxy groups -OCH3 is 1. The van der Waals surface area contributed by atoms with E-state index < -0.39 is 0 Å². The van der Waals surface area contributed by atoms with Crippen LogP contribution in [0, 0.1) is 11.3 Å². The van der Waals surface area contributed by atoms with Crippen LogP contribution in [-0.2, 0) is 4.74 Å². The molecule has 0 aliphatic heterocycles. The van der Waals surface area contributed by atoms with Gasteiger partial charge < -0.3 is 9.84 Å². The van der Waals surface area contributed by atoms with Crippen molar-refractivity contribution in [2.24, 2.45) is 11.3 Å². The molecule has 0 aromatic heterocycles. The zero-order valence-corrected chi connectivity index (χ0v) is 10.5. The van der Waals surface area contributed by atoms with Crippen molar-refractivity contribution in [2.75, 3.05) is 7.11 Å². The van der Waals surface area contributed by atoms with Gasteiger partial charge >= 0.3 is 0 Å². The highest BCUT2D eigenvalue weighted by atomic mass is 16.5. The van der Waals surface area contributed by atoms with Crippen LogP contribution in [0.4, 0.5) is 0 Å². The average Bonchev–Trinajstić information content (AvgIpc) is 2.05. The van der Waals surface area contributed by atoms with Gasteiger partial charge in [-0.3, -0.25) is 0 Å². The lowest BCUT2D eigenvalue weighted by Gasteiger charge is -2.36. The van der Waals surface area contributed by atoms with Gasteiger partial charge in [-0.05, 0) is 11.3 Å². The van der Waals surface area contributed by atoms with Crippen LogP contribution in [-0.4, -0.2) is 24.4 Å². The van der Waals surface area contributed by atoms with Crippen molar-refractivity contribution < 1.29 is 9.84 Å². The number of hydrogen-bond acceptors (Lipinski definition) is 2. The summed E-state index contributed by atoms with van der Waals surface area (Å²) < 4.78 is 5.41. The van der Waals surface area contributed by atoms with Crippen LogP contribution in [0.5, 0.6) is 0 Å². The average molecular weight is 202 g/mol. The van der Waals surface area contributed by atoms with Crippen LogP contribution in [0.25, 0.3) is 0 Å². The van der Waals surface area contributed by atoms with E-state index in [2.05, 4.69) is 34.6 Å². The molecule has 0 saturated heterocycles. The molecule has 0 aliphatic rings. The van der Waals surface area contributed by atoms with Gasteiger partial charge in [-0.1, -0.05) is 47.5 Å². The van der Waals surface area contributed by atoms with Gasteiger partial charge in [0.1, 0.15) is 0 Å². The molecule has 0 aliphatic carbocycles. The molecule has 0 radical (unpaired) electrons. The summed E-state index contributed by atoms with van der Waals surface area (Å²) in [5.41, 5.74) is -0.00322. The van der Waals surface area contributed by atoms with E-state index in [4.69, 9.17) is 4.74 Å². The van der Waals surface area contributed by atoms with E-state index in [1.165, 1.54) is 0 Å². The molecule has 0 fully saturated rings. The molecule has 0 heterocycles. The van der Waals surface area contributed by atoms with E-state index in [0.29, 0.717) is 5.92 Å². The quantitative estimate of drug-likeness (QED) is 0.743. The van der Waals surface area contributed by atoms with Crippen LogP contribution in [0.2, 0.25) is 0 Å². The van der Waals surface area contributed by atoms with Crippen molar-refractivity contribution in [1.82, 2.24) is 0 Å². The lowest BCUT2D eigenvalue weighted by molar-refractivity contribution is -0.0939. The van der Waals surface area contributed by atoms with E-state index >= 15 is 0 Å². The molecule has 0 rings (SSSR count). The second kappa shape index (κ2) is 5.72. The van der Waals surface area contributed by atoms with Crippen molar-refractivity contribution in [1.29, 1.82) is 0 Å². The predicted molar refractivity (Wildman–Crippen MR) is 60.3 cm³/mol. The third-order valence-electron chi connectivity index (χ3n) is 2.95. The molecule has 0 amide bonds. The van der Waals surface area contributed by atoms with Crippen LogP contribution in [0.1, 0.15) is 47.5 Å². The first-order valence-corrected chi connectivity index (χ1v) is 5.59. The first-order chi connectivity index (χ1) is 6.38. The van der Waals surface area contributed by atoms with Gasteiger partial charge in [-0.25, -0.2) is 0 Å². The van der Waals surface area contributed by atoms with Gasteiger partial charge in [-0.15, -0.1) is 0 Å². The Kier molecular flexibility index (Phi) is 5.68. The second-order valence-electron chi connectivity index (χ2n) is 5.09. The molecule has 1 N–H and O–H groups in total. The maximum absolute atomic E-state index is 10.2. The Labute approximate surface area is 88.7 Å². The van der Waals surface area contributed by atoms with E-state index in [-0.39, 0.29) is 17.6 Å². The molecule has 0 aromatic carbocycles. The highest BCUT2D eigenvalue weighted by Gasteiger charge is 2.34. The predicted octanol–water partition coefficient (Wildman–Crippen LogP) is 2.84. The second-order valence-corrected chi connectivity index (χ2v) is 5.09. The highest BCUT2D eigenvalue weighted by molar-refractivity contribution is 4.84. The molecule has 0 aromatic rings. The van der Waals surface area contributed by atoms with E-state index in [1.54, 1.807) is 7.11 Å². The van der Waals surface area contributed by atoms with Crippen molar-refractivity contribution in [3.05, 3.63) is 0 Å². The molecular weight excluding hydrogens is 176 g/mol. The van der Waals surface area contributed by atoms with E-state index in [0.717, 1.165) is 12.8 Å². The van der Waals surface area contributed by atoms with E-state index in [1.807, 2.05) is 0 Å². The molecule has 0 spiro atoms. The molecule has 0 saturated carbocycles. The summed E-state index contributed by atoms with van der Waals surface area (Å²) in [7, 11) is 1.68. The largest absolute Gasteiger partial charge is 0.390 e. The van der Waals surface area contributed by atoms with Gasteiger partial charge in [-0.2, -0.15) is 0 Å². The molecule has 0 bridgehead atoms. The van der Waals surface area contributed by atoms with Crippen molar-refractivity contribution in [3.63, 3.8) is 0 Å². The molecule has 14 heavy (non-hydrogen) atoms. The van der Waals surface area contributed by atoms with Crippen molar-refractivity contribution in [3.8, 4) is 0 Å². The highest BCUT2D eigenvalue weighted by Crippen LogP contribution is 2.29. The first kappa shape index (κ1) is 13.9. The number of aliphatic hydroxyl groups is 1. The molecule has 2 heteroatoms. The minimum absolute atomic E-state index is 0.00322. The monoisotopic (exact) mass is 202 g/mol. The third kappa shape index (κ3) is 3.58. The first-order valence-electron chi connectivity index (χ1n) is 5.59. The third-order valence-corrected chi connectivity index (χ3v) is 2.95. The Balaban J connectivity index is 4.52. The van der Waals surface area contributed by atoms with Crippen molar-refractivity contribution in [2.45, 2.75) is 59.7 Å². The molecule has 86 valence electrons. The summed E-state index contributed by atoms with van der Waals surface area (Å²) in [6.07, 6.45) is 1.59. The normalized spacial score (nSPS) is 17.1. The SMILES string of the molecule is CCC(CC)C(O)C(OC)C(C)(C)C. The van der Waals surface area contributed by atoms with Gasteiger partial charge in [0.15, 0.2) is 0 Å². The van der Waals surface area contributed by atoms with Crippen LogP contribution < -0.4 is 0 Å². The van der Waals surface area contributed by atoms with Crippen LogP contribution in [0.15, 0.2) is 0 Å². The van der Waals surface area contributed by atoms with Gasteiger partial charge in [0.2, 0.25) is 0 Å². The Hall–Kier alpha value is -0.0800. The summed E-state index contributed by atoms with van der Waals surface area (Å²) in [6, 6.07) is 0. The van der Waals surface area contributed by atoms with Crippen LogP contribution in [0.3, 0.4) is 0 Å². The fraction of sp³-hybridized carbons (Fsp3) is 1.00. The van der Waals surface area contributed by atoms with Crippen molar-refractivity contribution >= 4 is 0 Å². The van der Waals surface area contributed by atoms with E-state index in [9.17, 15) is 5.11 Å². The summed E-state index contributed by atoms with van der Waals surface area (Å²) in [6.45, 7) is 10.5. The number of aliphatic hydroxyl groups excluding tert-OH is 1. The summed E-state index contributed by atoms with van der Waals surface area (Å²) in [5.74, 6) is 0.346. The Morgan fingerprint density at radius 1 is 1.14 bits per heavy atom. The Morgan fingerprint density at radius 3 is 1.79 bits per heavy atom. The summed E-state index contributed by atoms with van der Waals surface area (Å²) in [4.78, 5) is 0. The maximum atomic E-state index is 10.2. The fourth-order valence-electron chi connectivity index (χ4n) is 2.02. The Morgan fingerprint density at radius 2 is 1.57 bits per heavy atom. The zero-order valence-electron chi connectivity index (χ0n) is 10.5. The minimum Gasteiger partial charge on any atom is -0.390 e. The minimum atomic E-state index is -0.352. The Bertz CT molecular complexity index is 145. The fourth-order valence-corrected chi connectivity index (χ4v) is 2.02. The molecule has 2 atom stereocenters. The van der Waals surface area contributed by atoms with Gasteiger partial charge in [0.25, 0.3) is 0 Å². The molecule has 2 nitrogen and oxygen atoms in total. The topological polar surface area (TPSA) is 29.5 Å². The summed E-state index contributed by atoms with van der Waals surface area (Å²) >= 11 is 0. The van der Waals surface area contributed by atoms with Gasteiger partial charge in [0.05, 0.1) is 12.2 Å². The van der Waals surface area contributed by atoms with Gasteiger partial charge in [0, 0.05) is 7.11 Å². The summed E-state index contributed by atoms with van der Waals surface area (Å²) in [5, 5.41) is 10.2. The number of rotatable bonds is 5. The molecular formula is C12H26O2.